The highest BCUT2D eigenvalue weighted by Crippen LogP contribution is 2.26. The number of aldehydes is 1. The molecule has 1 heterocycles. The van der Waals surface area contributed by atoms with Crippen LogP contribution in [-0.2, 0) is 0 Å². The lowest BCUT2D eigenvalue weighted by molar-refractivity contribution is 0.0676. The first kappa shape index (κ1) is 13.9. The maximum atomic E-state index is 12.9. The first-order valence-corrected chi connectivity index (χ1v) is 6.02. The van der Waals surface area contributed by atoms with Crippen LogP contribution >= 0.6 is 0 Å². The molecule has 1 aromatic carbocycles. The van der Waals surface area contributed by atoms with Crippen molar-refractivity contribution in [1.82, 2.24) is 9.55 Å². The zero-order valence-corrected chi connectivity index (χ0v) is 11.0. The molecule has 0 saturated carbocycles. The summed E-state index contributed by atoms with van der Waals surface area (Å²) in [7, 11) is 0. The molecule has 0 fully saturated rings. The van der Waals surface area contributed by atoms with Crippen LogP contribution < -0.4 is 0 Å². The Balaban J connectivity index is 2.70. The van der Waals surface area contributed by atoms with Crippen molar-refractivity contribution in [2.24, 2.45) is 0 Å². The summed E-state index contributed by atoms with van der Waals surface area (Å²) in [5.41, 5.74) is 0.908. The normalized spacial score (nSPS) is 10.8. The van der Waals surface area contributed by atoms with E-state index in [1.807, 2.05) is 0 Å². The summed E-state index contributed by atoms with van der Waals surface area (Å²) in [4.78, 5) is 26.5. The molecule has 20 heavy (non-hydrogen) atoms. The number of aromatic nitrogens is 2. The number of carboxylic acids is 1. The van der Waals surface area contributed by atoms with Crippen LogP contribution in [0.3, 0.4) is 0 Å². The van der Waals surface area contributed by atoms with Gasteiger partial charge < -0.3 is 9.67 Å². The van der Waals surface area contributed by atoms with Gasteiger partial charge in [-0.2, -0.15) is 0 Å². The summed E-state index contributed by atoms with van der Waals surface area (Å²) >= 11 is 0. The third kappa shape index (κ3) is 2.32. The van der Waals surface area contributed by atoms with Crippen LogP contribution in [0.2, 0.25) is 0 Å². The number of halogens is 1. The molecule has 0 amide bonds. The van der Waals surface area contributed by atoms with Crippen molar-refractivity contribution >= 4 is 12.3 Å². The van der Waals surface area contributed by atoms with Gasteiger partial charge in [-0.25, -0.2) is 14.2 Å². The average molecular weight is 276 g/mol. The molecule has 6 heteroatoms. The fraction of sp³-hybridized carbons (Fsp3) is 0.214. The van der Waals surface area contributed by atoms with E-state index in [9.17, 15) is 19.1 Å². The molecule has 0 spiro atoms. The summed E-state index contributed by atoms with van der Waals surface area (Å²) in [6.07, 6.45) is 0.568. The van der Waals surface area contributed by atoms with Crippen molar-refractivity contribution in [2.45, 2.75) is 19.9 Å². The Morgan fingerprint density at radius 2 is 1.95 bits per heavy atom. The van der Waals surface area contributed by atoms with Gasteiger partial charge >= 0.3 is 5.97 Å². The number of carbonyl (C=O) groups excluding carboxylic acids is 1. The van der Waals surface area contributed by atoms with Gasteiger partial charge in [0.2, 0.25) is 5.82 Å². The average Bonchev–Trinajstić information content (AvgIpc) is 2.79. The van der Waals surface area contributed by atoms with Gasteiger partial charge in [-0.15, -0.1) is 0 Å². The maximum absolute atomic E-state index is 12.9. The summed E-state index contributed by atoms with van der Waals surface area (Å²) in [5.74, 6) is -1.83. The number of hydrogen-bond donors (Lipinski definition) is 1. The van der Waals surface area contributed by atoms with Gasteiger partial charge in [-0.1, -0.05) is 0 Å². The van der Waals surface area contributed by atoms with E-state index < -0.39 is 11.8 Å². The van der Waals surface area contributed by atoms with Gasteiger partial charge in [0.15, 0.2) is 6.29 Å². The van der Waals surface area contributed by atoms with Gasteiger partial charge in [0, 0.05) is 11.6 Å². The Morgan fingerprint density at radius 3 is 2.40 bits per heavy atom. The van der Waals surface area contributed by atoms with Gasteiger partial charge in [0.1, 0.15) is 17.2 Å². The molecular formula is C14H13FN2O3. The first-order chi connectivity index (χ1) is 9.45. The quantitative estimate of drug-likeness (QED) is 0.871. The van der Waals surface area contributed by atoms with Gasteiger partial charge in [0.25, 0.3) is 0 Å². The monoisotopic (exact) mass is 276 g/mol. The molecule has 1 N–H and O–H groups in total. The fourth-order valence-corrected chi connectivity index (χ4v) is 2.05. The van der Waals surface area contributed by atoms with Crippen molar-refractivity contribution < 1.29 is 19.1 Å². The van der Waals surface area contributed by atoms with Crippen LogP contribution in [0.5, 0.6) is 0 Å². The third-order valence-corrected chi connectivity index (χ3v) is 2.89. The third-order valence-electron chi connectivity index (χ3n) is 2.89. The van der Waals surface area contributed by atoms with Crippen molar-refractivity contribution in [2.75, 3.05) is 0 Å². The van der Waals surface area contributed by atoms with Crippen molar-refractivity contribution in [3.8, 4) is 11.3 Å². The molecule has 0 bridgehead atoms. The van der Waals surface area contributed by atoms with Gasteiger partial charge in [0.05, 0.1) is 0 Å². The Hall–Kier alpha value is -2.50. The minimum atomic E-state index is -1.21. The second kappa shape index (κ2) is 5.24. The highest BCUT2D eigenvalue weighted by Gasteiger charge is 2.23. The Bertz CT molecular complexity index is 660. The molecule has 0 radical (unpaired) electrons. The predicted molar refractivity (Wildman–Crippen MR) is 70.4 cm³/mol. The van der Waals surface area contributed by atoms with Crippen molar-refractivity contribution in [1.29, 1.82) is 0 Å². The maximum Gasteiger partial charge on any atom is 0.372 e. The van der Waals surface area contributed by atoms with E-state index >= 15 is 0 Å². The zero-order valence-electron chi connectivity index (χ0n) is 11.0. The van der Waals surface area contributed by atoms with Gasteiger partial charge in [-0.05, 0) is 38.1 Å². The lowest BCUT2D eigenvalue weighted by atomic mass is 10.1. The Morgan fingerprint density at radius 1 is 1.35 bits per heavy atom. The number of benzene rings is 1. The highest BCUT2D eigenvalue weighted by atomic mass is 19.1. The van der Waals surface area contributed by atoms with Crippen molar-refractivity contribution in [3.63, 3.8) is 0 Å². The highest BCUT2D eigenvalue weighted by molar-refractivity contribution is 5.91. The Kier molecular flexibility index (Phi) is 3.65. The van der Waals surface area contributed by atoms with Gasteiger partial charge in [-0.3, -0.25) is 4.79 Å². The van der Waals surface area contributed by atoms with E-state index in [-0.39, 0.29) is 23.3 Å². The molecule has 2 rings (SSSR count). The van der Waals surface area contributed by atoms with Crippen LogP contribution in [0.15, 0.2) is 24.3 Å². The lowest BCUT2D eigenvalue weighted by Crippen LogP contribution is -2.13. The van der Waals surface area contributed by atoms with Crippen LogP contribution in [0.25, 0.3) is 11.3 Å². The summed E-state index contributed by atoms with van der Waals surface area (Å²) in [6.45, 7) is 3.52. The molecule has 0 saturated heterocycles. The van der Waals surface area contributed by atoms with E-state index in [4.69, 9.17) is 0 Å². The summed E-state index contributed by atoms with van der Waals surface area (Å²) in [5, 5.41) is 9.18. The fourth-order valence-electron chi connectivity index (χ4n) is 2.05. The Labute approximate surface area is 114 Å². The SMILES string of the molecule is CC(C)n1c(C(=O)O)nc(-c2ccc(F)cc2)c1C=O. The van der Waals surface area contributed by atoms with Crippen LogP contribution in [0, 0.1) is 5.82 Å². The number of carboxylic acid groups (broad SMARTS) is 1. The minimum Gasteiger partial charge on any atom is -0.475 e. The zero-order chi connectivity index (χ0) is 14.9. The van der Waals surface area contributed by atoms with E-state index in [2.05, 4.69) is 4.98 Å². The standard InChI is InChI=1S/C14H13FN2O3/c1-8(2)17-11(7-18)12(16-13(17)14(19)20)9-3-5-10(15)6-4-9/h3-8H,1-2H3,(H,19,20). The number of imidazole rings is 1. The molecular weight excluding hydrogens is 263 g/mol. The molecule has 1 aromatic heterocycles. The summed E-state index contributed by atoms with van der Waals surface area (Å²) < 4.78 is 14.3. The smallest absolute Gasteiger partial charge is 0.372 e. The molecule has 0 atom stereocenters. The van der Waals surface area contributed by atoms with E-state index in [0.29, 0.717) is 11.8 Å². The number of hydrogen-bond acceptors (Lipinski definition) is 3. The van der Waals surface area contributed by atoms with Crippen LogP contribution in [0.1, 0.15) is 41.0 Å². The van der Waals surface area contributed by atoms with E-state index in [1.54, 1.807) is 13.8 Å². The number of nitrogens with zero attached hydrogens (tertiary/aromatic N) is 2. The topological polar surface area (TPSA) is 72.2 Å². The molecule has 0 unspecified atom stereocenters. The minimum absolute atomic E-state index is 0.170. The molecule has 0 aliphatic heterocycles. The first-order valence-electron chi connectivity index (χ1n) is 6.02. The summed E-state index contributed by atoms with van der Waals surface area (Å²) in [6, 6.07) is 5.15. The van der Waals surface area contributed by atoms with E-state index in [1.165, 1.54) is 28.8 Å². The van der Waals surface area contributed by atoms with Crippen LogP contribution in [-0.4, -0.2) is 26.9 Å². The second-order valence-electron chi connectivity index (χ2n) is 4.56. The number of rotatable bonds is 4. The molecule has 0 aliphatic carbocycles. The molecule has 5 nitrogen and oxygen atoms in total. The second-order valence-corrected chi connectivity index (χ2v) is 4.56. The largest absolute Gasteiger partial charge is 0.475 e. The number of aromatic carboxylic acids is 1. The molecule has 2 aromatic rings. The van der Waals surface area contributed by atoms with Crippen LogP contribution in [0.4, 0.5) is 4.39 Å². The van der Waals surface area contributed by atoms with E-state index in [0.717, 1.165) is 0 Å². The number of carbonyl (C=O) groups is 2. The van der Waals surface area contributed by atoms with Crippen molar-refractivity contribution in [3.05, 3.63) is 41.6 Å². The predicted octanol–water partition coefficient (Wildman–Crippen LogP) is 2.78. The molecule has 0 aliphatic rings. The molecule has 104 valence electrons. The lowest BCUT2D eigenvalue weighted by Gasteiger charge is -2.11.